The highest BCUT2D eigenvalue weighted by Gasteiger charge is 2.08. The van der Waals surface area contributed by atoms with Gasteiger partial charge < -0.3 is 14.6 Å². The number of nitrogens with one attached hydrogen (secondary N) is 2. The van der Waals surface area contributed by atoms with Crippen LogP contribution in [0.15, 0.2) is 10.6 Å². The van der Waals surface area contributed by atoms with E-state index < -0.39 is 0 Å². The summed E-state index contributed by atoms with van der Waals surface area (Å²) < 4.78 is 10.4. The number of ether oxygens (including phenoxy) is 1. The zero-order valence-electron chi connectivity index (χ0n) is 11.4. The third-order valence-corrected chi connectivity index (χ3v) is 2.28. The van der Waals surface area contributed by atoms with Crippen LogP contribution in [0.1, 0.15) is 24.8 Å². The van der Waals surface area contributed by atoms with Gasteiger partial charge in [-0.05, 0) is 13.3 Å². The normalized spacial score (nSPS) is 10.3. The average Bonchev–Trinajstić information content (AvgIpc) is 2.88. The predicted molar refractivity (Wildman–Crippen MR) is 72.0 cm³/mol. The topological polar surface area (TPSA) is 124 Å². The maximum Gasteiger partial charge on any atom is 0.323 e. The Morgan fingerprint density at radius 2 is 2.10 bits per heavy atom. The van der Waals surface area contributed by atoms with Crippen LogP contribution >= 0.6 is 0 Å². The van der Waals surface area contributed by atoms with Crippen LogP contribution in [0.4, 0.5) is 11.9 Å². The summed E-state index contributed by atoms with van der Waals surface area (Å²) in [5.74, 6) is 6.56. The third-order valence-electron chi connectivity index (χ3n) is 2.28. The van der Waals surface area contributed by atoms with Crippen molar-refractivity contribution in [2.45, 2.75) is 26.8 Å². The fourth-order valence-electron chi connectivity index (χ4n) is 1.42. The fraction of sp³-hybridized carbons (Fsp3) is 0.455. The molecule has 0 amide bonds. The van der Waals surface area contributed by atoms with Crippen LogP contribution in [0, 0.1) is 6.92 Å². The van der Waals surface area contributed by atoms with E-state index in [4.69, 9.17) is 15.1 Å². The van der Waals surface area contributed by atoms with Crippen molar-refractivity contribution in [2.75, 3.05) is 17.3 Å². The molecule has 20 heavy (non-hydrogen) atoms. The maximum atomic E-state index is 5.36. The van der Waals surface area contributed by atoms with Gasteiger partial charge in [-0.2, -0.15) is 15.0 Å². The highest BCUT2D eigenvalue weighted by Crippen LogP contribution is 2.12. The number of aryl methyl sites for hydroxylation is 1. The number of rotatable bonds is 7. The van der Waals surface area contributed by atoms with Crippen molar-refractivity contribution in [1.82, 2.24) is 20.1 Å². The van der Waals surface area contributed by atoms with E-state index in [1.807, 2.05) is 19.9 Å². The largest absolute Gasteiger partial charge is 0.463 e. The van der Waals surface area contributed by atoms with Gasteiger partial charge in [0, 0.05) is 6.07 Å². The van der Waals surface area contributed by atoms with Crippen molar-refractivity contribution in [3.05, 3.63) is 17.5 Å². The van der Waals surface area contributed by atoms with Gasteiger partial charge in [-0.1, -0.05) is 12.1 Å². The van der Waals surface area contributed by atoms with Gasteiger partial charge >= 0.3 is 6.01 Å². The van der Waals surface area contributed by atoms with E-state index in [0.29, 0.717) is 24.9 Å². The summed E-state index contributed by atoms with van der Waals surface area (Å²) in [6.45, 7) is 4.77. The Morgan fingerprint density at radius 3 is 2.75 bits per heavy atom. The molecule has 0 aliphatic heterocycles. The summed E-state index contributed by atoms with van der Waals surface area (Å²) in [6.07, 6.45) is 0.858. The van der Waals surface area contributed by atoms with Crippen molar-refractivity contribution < 1.29 is 9.26 Å². The van der Waals surface area contributed by atoms with E-state index in [2.05, 4.69) is 30.9 Å². The van der Waals surface area contributed by atoms with Crippen LogP contribution in [0.5, 0.6) is 6.01 Å². The van der Waals surface area contributed by atoms with Gasteiger partial charge in [0.05, 0.1) is 18.8 Å². The maximum absolute atomic E-state index is 5.36. The first kappa shape index (κ1) is 14.0. The monoisotopic (exact) mass is 279 g/mol. The smallest absolute Gasteiger partial charge is 0.323 e. The number of hydrazine groups is 1. The second-order valence-corrected chi connectivity index (χ2v) is 4.05. The zero-order valence-corrected chi connectivity index (χ0v) is 11.4. The molecule has 0 atom stereocenters. The van der Waals surface area contributed by atoms with Crippen LogP contribution in [-0.4, -0.2) is 26.7 Å². The molecule has 2 aromatic heterocycles. The first-order valence-corrected chi connectivity index (χ1v) is 6.22. The van der Waals surface area contributed by atoms with Gasteiger partial charge in [-0.25, -0.2) is 5.84 Å². The molecule has 108 valence electrons. The third kappa shape index (κ3) is 3.79. The van der Waals surface area contributed by atoms with E-state index >= 15 is 0 Å². The molecule has 0 aliphatic rings. The van der Waals surface area contributed by atoms with Crippen LogP contribution in [0.2, 0.25) is 0 Å². The molecule has 2 aromatic rings. The number of nitrogens with zero attached hydrogens (tertiary/aromatic N) is 4. The molecule has 0 aromatic carbocycles. The molecule has 0 bridgehead atoms. The van der Waals surface area contributed by atoms with Gasteiger partial charge in [-0.15, -0.1) is 0 Å². The molecule has 2 rings (SSSR count). The van der Waals surface area contributed by atoms with Gasteiger partial charge in [-0.3, -0.25) is 5.43 Å². The summed E-state index contributed by atoms with van der Waals surface area (Å²) in [5.41, 5.74) is 3.18. The minimum Gasteiger partial charge on any atom is -0.463 e. The summed E-state index contributed by atoms with van der Waals surface area (Å²) in [6, 6.07) is 2.04. The molecule has 0 radical (unpaired) electrons. The Morgan fingerprint density at radius 1 is 1.30 bits per heavy atom. The highest BCUT2D eigenvalue weighted by molar-refractivity contribution is 5.35. The Kier molecular flexibility index (Phi) is 4.66. The molecule has 9 heteroatoms. The van der Waals surface area contributed by atoms with Crippen molar-refractivity contribution in [3.8, 4) is 6.01 Å². The molecule has 0 spiro atoms. The van der Waals surface area contributed by atoms with Crippen molar-refractivity contribution in [2.24, 2.45) is 5.84 Å². The number of nitrogen functional groups attached to an aromatic ring is 1. The van der Waals surface area contributed by atoms with E-state index in [1.165, 1.54) is 0 Å². The van der Waals surface area contributed by atoms with Crippen LogP contribution in [0.3, 0.4) is 0 Å². The van der Waals surface area contributed by atoms with Gasteiger partial charge in [0.2, 0.25) is 11.9 Å². The summed E-state index contributed by atoms with van der Waals surface area (Å²) in [4.78, 5) is 12.2. The lowest BCUT2D eigenvalue weighted by atomic mass is 10.4. The number of hydrogen-bond donors (Lipinski definition) is 3. The van der Waals surface area contributed by atoms with Crippen molar-refractivity contribution in [3.63, 3.8) is 0 Å². The second kappa shape index (κ2) is 6.66. The molecule has 0 aliphatic carbocycles. The Balaban J connectivity index is 2.05. The van der Waals surface area contributed by atoms with E-state index in [-0.39, 0.29) is 12.0 Å². The fourth-order valence-corrected chi connectivity index (χ4v) is 1.42. The van der Waals surface area contributed by atoms with Gasteiger partial charge in [0.15, 0.2) is 5.76 Å². The minimum absolute atomic E-state index is 0.214. The zero-order chi connectivity index (χ0) is 14.4. The van der Waals surface area contributed by atoms with E-state index in [9.17, 15) is 0 Å². The number of nitrogens with two attached hydrogens (primary N) is 1. The lowest BCUT2D eigenvalue weighted by Gasteiger charge is -2.07. The quantitative estimate of drug-likeness (QED) is 0.499. The minimum atomic E-state index is 0.214. The molecular formula is C11H17N7O2. The van der Waals surface area contributed by atoms with Crippen molar-refractivity contribution >= 4 is 11.9 Å². The summed E-state index contributed by atoms with van der Waals surface area (Å²) in [7, 11) is 0. The summed E-state index contributed by atoms with van der Waals surface area (Å²) in [5, 5.41) is 6.79. The van der Waals surface area contributed by atoms with Crippen LogP contribution in [0.25, 0.3) is 0 Å². The molecule has 2 heterocycles. The Hall–Kier alpha value is -2.42. The number of aromatic nitrogens is 4. The number of hydrogen-bond acceptors (Lipinski definition) is 9. The van der Waals surface area contributed by atoms with Crippen LogP contribution < -0.4 is 21.3 Å². The molecule has 0 fully saturated rings. The lowest BCUT2D eigenvalue weighted by Crippen LogP contribution is -2.14. The second-order valence-electron chi connectivity index (χ2n) is 4.05. The average molecular weight is 279 g/mol. The molecule has 4 N–H and O–H groups in total. The lowest BCUT2D eigenvalue weighted by molar-refractivity contribution is 0.292. The Bertz CT molecular complexity index is 557. The molecular weight excluding hydrogens is 262 g/mol. The Labute approximate surface area is 115 Å². The first-order valence-electron chi connectivity index (χ1n) is 6.22. The molecule has 9 nitrogen and oxygen atoms in total. The van der Waals surface area contributed by atoms with E-state index in [0.717, 1.165) is 12.1 Å². The standard InChI is InChI=1S/C11H17N7O2/c1-3-4-19-11-15-9(14-10(16-11)17-12)13-6-8-5-7(2)18-20-8/h5H,3-4,6,12H2,1-2H3,(H2,13,14,15,16,17). The van der Waals surface area contributed by atoms with Crippen molar-refractivity contribution in [1.29, 1.82) is 0 Å². The first-order chi connectivity index (χ1) is 9.71. The molecule has 0 saturated heterocycles. The van der Waals surface area contributed by atoms with Crippen LogP contribution in [-0.2, 0) is 6.54 Å². The van der Waals surface area contributed by atoms with E-state index in [1.54, 1.807) is 0 Å². The molecule has 0 unspecified atom stereocenters. The van der Waals surface area contributed by atoms with Gasteiger partial charge in [0.1, 0.15) is 0 Å². The predicted octanol–water partition coefficient (Wildman–Crippen LogP) is 0.855. The number of anilines is 2. The summed E-state index contributed by atoms with van der Waals surface area (Å²) >= 11 is 0. The molecule has 0 saturated carbocycles. The highest BCUT2D eigenvalue weighted by atomic mass is 16.5. The SMILES string of the molecule is CCCOc1nc(NN)nc(NCc2cc(C)no2)n1. The van der Waals surface area contributed by atoms with Gasteiger partial charge in [0.25, 0.3) is 0 Å².